The van der Waals surface area contributed by atoms with Crippen LogP contribution in [0.5, 0.6) is 0 Å². The third-order valence-electron chi connectivity index (χ3n) is 5.93. The molecule has 2 aromatic carbocycles. The maximum atomic E-state index is 12.8. The number of anilines is 2. The first-order valence-electron chi connectivity index (χ1n) is 10.8. The number of rotatable bonds is 5. The molecule has 0 atom stereocenters. The van der Waals surface area contributed by atoms with E-state index in [0.717, 1.165) is 34.7 Å². The molecule has 5 rings (SSSR count). The Labute approximate surface area is 191 Å². The third kappa shape index (κ3) is 3.78. The van der Waals surface area contributed by atoms with Gasteiger partial charge in [-0.05, 0) is 37.6 Å². The molecule has 0 saturated carbocycles. The fourth-order valence-electron chi connectivity index (χ4n) is 4.39. The summed E-state index contributed by atoms with van der Waals surface area (Å²) in [5.74, 6) is 0.322. The number of carbonyl (C=O) groups is 2. The molecule has 2 N–H and O–H groups in total. The van der Waals surface area contributed by atoms with Crippen molar-refractivity contribution in [2.24, 2.45) is 0 Å². The van der Waals surface area contributed by atoms with Crippen LogP contribution < -0.4 is 10.6 Å². The van der Waals surface area contributed by atoms with E-state index >= 15 is 0 Å². The van der Waals surface area contributed by atoms with Crippen LogP contribution in [0.4, 0.5) is 11.6 Å². The van der Waals surface area contributed by atoms with Crippen molar-refractivity contribution in [2.45, 2.75) is 20.4 Å². The van der Waals surface area contributed by atoms with E-state index in [1.165, 1.54) is 0 Å². The molecule has 0 radical (unpaired) electrons. The summed E-state index contributed by atoms with van der Waals surface area (Å²) in [6.07, 6.45) is 1.69. The molecule has 7 heteroatoms. The van der Waals surface area contributed by atoms with E-state index in [1.54, 1.807) is 30.5 Å². The monoisotopic (exact) mass is 437 g/mol. The summed E-state index contributed by atoms with van der Waals surface area (Å²) in [5, 5.41) is 6.12. The van der Waals surface area contributed by atoms with E-state index in [9.17, 15) is 9.59 Å². The van der Waals surface area contributed by atoms with Gasteiger partial charge in [0, 0.05) is 47.4 Å². The van der Waals surface area contributed by atoms with E-state index in [1.807, 2.05) is 50.2 Å². The van der Waals surface area contributed by atoms with Crippen LogP contribution in [0, 0.1) is 13.8 Å². The Morgan fingerprint density at radius 3 is 2.61 bits per heavy atom. The Balaban J connectivity index is 1.45. The van der Waals surface area contributed by atoms with Crippen molar-refractivity contribution in [2.75, 3.05) is 11.9 Å². The van der Waals surface area contributed by atoms with E-state index in [2.05, 4.69) is 20.2 Å². The maximum absolute atomic E-state index is 12.8. The standard InChI is InChI=1S/C26H23N5O2/c1-16-22(17(2)31-14-13-27-25(33)23(16)31)21-11-12-28-26(30-21)29-20-10-6-9-19(15-20)24(32)18-7-4-3-5-8-18/h3-12,15H,13-14H2,1-2H3,(H,27,33)(H,28,29,30). The number of hydrogen-bond donors (Lipinski definition) is 2. The number of nitrogens with zero attached hydrogens (tertiary/aromatic N) is 3. The zero-order valence-electron chi connectivity index (χ0n) is 18.4. The summed E-state index contributed by atoms with van der Waals surface area (Å²) < 4.78 is 2.05. The Morgan fingerprint density at radius 2 is 1.82 bits per heavy atom. The fraction of sp³-hybridized carbons (Fsp3) is 0.154. The van der Waals surface area contributed by atoms with Crippen molar-refractivity contribution in [3.8, 4) is 11.3 Å². The zero-order valence-corrected chi connectivity index (χ0v) is 18.4. The summed E-state index contributed by atoms with van der Waals surface area (Å²) in [5.41, 5.74) is 6.24. The van der Waals surface area contributed by atoms with Crippen LogP contribution in [0.3, 0.4) is 0 Å². The molecule has 0 saturated heterocycles. The fourth-order valence-corrected chi connectivity index (χ4v) is 4.39. The van der Waals surface area contributed by atoms with E-state index in [0.29, 0.717) is 29.3 Å². The predicted octanol–water partition coefficient (Wildman–Crippen LogP) is 4.28. The average molecular weight is 438 g/mol. The van der Waals surface area contributed by atoms with Crippen LogP contribution in [0.1, 0.15) is 37.7 Å². The first-order valence-corrected chi connectivity index (χ1v) is 10.8. The highest BCUT2D eigenvalue weighted by atomic mass is 16.2. The minimum atomic E-state index is -0.0552. The lowest BCUT2D eigenvalue weighted by Gasteiger charge is -2.17. The van der Waals surface area contributed by atoms with Crippen molar-refractivity contribution < 1.29 is 9.59 Å². The molecule has 2 aromatic heterocycles. The molecule has 1 aliphatic heterocycles. The van der Waals surface area contributed by atoms with Crippen LogP contribution in [0.25, 0.3) is 11.3 Å². The predicted molar refractivity (Wildman–Crippen MR) is 127 cm³/mol. The van der Waals surface area contributed by atoms with Crippen molar-refractivity contribution in [1.29, 1.82) is 0 Å². The molecule has 164 valence electrons. The highest BCUT2D eigenvalue weighted by Crippen LogP contribution is 2.32. The molecule has 0 aliphatic carbocycles. The van der Waals surface area contributed by atoms with Gasteiger partial charge in [0.25, 0.3) is 5.91 Å². The number of hydrogen-bond acceptors (Lipinski definition) is 5. The van der Waals surface area contributed by atoms with Crippen molar-refractivity contribution >= 4 is 23.3 Å². The molecule has 3 heterocycles. The van der Waals surface area contributed by atoms with Gasteiger partial charge in [-0.15, -0.1) is 0 Å². The minimum absolute atomic E-state index is 0.0437. The SMILES string of the molecule is Cc1c(-c2ccnc(Nc3cccc(C(=O)c4ccccc4)c3)n2)c(C)n2c1C(=O)NCC2. The highest BCUT2D eigenvalue weighted by molar-refractivity contribution is 6.09. The molecule has 1 amide bonds. The lowest BCUT2D eigenvalue weighted by atomic mass is 10.0. The second-order valence-electron chi connectivity index (χ2n) is 8.01. The topological polar surface area (TPSA) is 88.9 Å². The summed E-state index contributed by atoms with van der Waals surface area (Å²) in [4.78, 5) is 34.3. The molecule has 7 nitrogen and oxygen atoms in total. The summed E-state index contributed by atoms with van der Waals surface area (Å²) in [7, 11) is 0. The smallest absolute Gasteiger partial charge is 0.268 e. The van der Waals surface area contributed by atoms with E-state index in [4.69, 9.17) is 4.98 Å². The number of aromatic nitrogens is 3. The first-order chi connectivity index (χ1) is 16.0. The molecule has 0 fully saturated rings. The van der Waals surface area contributed by atoms with Crippen LogP contribution in [0.15, 0.2) is 66.9 Å². The molecular weight excluding hydrogens is 414 g/mol. The van der Waals surface area contributed by atoms with Crippen molar-refractivity contribution in [3.63, 3.8) is 0 Å². The number of nitrogens with one attached hydrogen (secondary N) is 2. The second kappa shape index (κ2) is 8.35. The number of carbonyl (C=O) groups excluding carboxylic acids is 2. The number of benzene rings is 2. The summed E-state index contributed by atoms with van der Waals surface area (Å²) >= 11 is 0. The van der Waals surface area contributed by atoms with Gasteiger partial charge in [0.1, 0.15) is 5.69 Å². The van der Waals surface area contributed by atoms with Gasteiger partial charge in [0.05, 0.1) is 5.69 Å². The lowest BCUT2D eigenvalue weighted by molar-refractivity contribution is 0.0926. The van der Waals surface area contributed by atoms with Crippen LogP contribution >= 0.6 is 0 Å². The van der Waals surface area contributed by atoms with E-state index in [-0.39, 0.29) is 11.7 Å². The largest absolute Gasteiger partial charge is 0.349 e. The van der Waals surface area contributed by atoms with Crippen molar-refractivity contribution in [3.05, 3.63) is 94.9 Å². The highest BCUT2D eigenvalue weighted by Gasteiger charge is 2.26. The number of ketones is 1. The molecule has 0 spiro atoms. The van der Waals surface area contributed by atoms with Gasteiger partial charge in [-0.1, -0.05) is 42.5 Å². The third-order valence-corrected chi connectivity index (χ3v) is 5.93. The molecule has 33 heavy (non-hydrogen) atoms. The number of fused-ring (bicyclic) bond motifs is 1. The quantitative estimate of drug-likeness (QED) is 0.455. The van der Waals surface area contributed by atoms with Gasteiger partial charge in [0.2, 0.25) is 5.95 Å². The van der Waals surface area contributed by atoms with Gasteiger partial charge in [-0.3, -0.25) is 9.59 Å². The Morgan fingerprint density at radius 1 is 1.03 bits per heavy atom. The molecule has 0 bridgehead atoms. The molecule has 1 aliphatic rings. The summed E-state index contributed by atoms with van der Waals surface area (Å²) in [6, 6.07) is 18.3. The summed E-state index contributed by atoms with van der Waals surface area (Å²) in [6.45, 7) is 5.33. The van der Waals surface area contributed by atoms with E-state index < -0.39 is 0 Å². The molecular formula is C26H23N5O2. The Kier molecular flexibility index (Phi) is 5.22. The van der Waals surface area contributed by atoms with Crippen molar-refractivity contribution in [1.82, 2.24) is 19.9 Å². The number of amides is 1. The van der Waals surface area contributed by atoms with Gasteiger partial charge >= 0.3 is 0 Å². The normalized spacial score (nSPS) is 12.7. The van der Waals surface area contributed by atoms with Gasteiger partial charge in [0.15, 0.2) is 5.78 Å². The van der Waals surface area contributed by atoms with Crippen LogP contribution in [-0.4, -0.2) is 32.8 Å². The van der Waals surface area contributed by atoms with Crippen LogP contribution in [0.2, 0.25) is 0 Å². The van der Waals surface area contributed by atoms with Crippen LogP contribution in [-0.2, 0) is 6.54 Å². The first kappa shape index (κ1) is 20.6. The Bertz CT molecular complexity index is 1370. The van der Waals surface area contributed by atoms with Gasteiger partial charge in [-0.2, -0.15) is 0 Å². The minimum Gasteiger partial charge on any atom is -0.349 e. The maximum Gasteiger partial charge on any atom is 0.268 e. The van der Waals surface area contributed by atoms with Gasteiger partial charge in [-0.25, -0.2) is 9.97 Å². The zero-order chi connectivity index (χ0) is 22.9. The van der Waals surface area contributed by atoms with Gasteiger partial charge < -0.3 is 15.2 Å². The molecule has 4 aromatic rings. The second-order valence-corrected chi connectivity index (χ2v) is 8.01. The molecule has 0 unspecified atom stereocenters. The average Bonchev–Trinajstić information content (AvgIpc) is 3.10. The lowest BCUT2D eigenvalue weighted by Crippen LogP contribution is -2.35. The Hall–Kier alpha value is -4.26.